The summed E-state index contributed by atoms with van der Waals surface area (Å²) in [5.41, 5.74) is 24.3. The third kappa shape index (κ3) is 24.0. The fourth-order valence-corrected chi connectivity index (χ4v) is 11.2. The van der Waals surface area contributed by atoms with Crippen LogP contribution in [0.2, 0.25) is 5.02 Å². The second-order valence-electron chi connectivity index (χ2n) is 24.4. The van der Waals surface area contributed by atoms with E-state index in [0.717, 1.165) is 16.3 Å². The largest absolute Gasteiger partial charge is 0.394 e. The number of nitrogens with two attached hydrogens (primary N) is 4. The number of likely N-dealkylation sites (tertiary alicyclic amines) is 1. The van der Waals surface area contributed by atoms with Crippen molar-refractivity contribution >= 4 is 99.2 Å². The van der Waals surface area contributed by atoms with Crippen LogP contribution in [0.3, 0.4) is 0 Å². The van der Waals surface area contributed by atoms with Crippen LogP contribution in [0.1, 0.15) is 88.5 Å². The topological polar surface area (TPSA) is 466 Å². The Morgan fingerprint density at radius 1 is 0.571 bits per heavy atom. The Labute approximate surface area is 571 Å². The molecule has 0 unspecified atom stereocenters. The van der Waals surface area contributed by atoms with Crippen molar-refractivity contribution < 1.29 is 62.6 Å². The number of aliphatic hydroxyl groups excluding tert-OH is 1. The molecule has 12 amide bonds. The number of hydrogen-bond donors (Lipinski definition) is 14. The van der Waals surface area contributed by atoms with E-state index in [1.807, 2.05) is 42.5 Å². The van der Waals surface area contributed by atoms with Gasteiger partial charge in [0.2, 0.25) is 70.9 Å². The maximum Gasteiger partial charge on any atom is 0.245 e. The number of carbonyl (C=O) groups is 12. The number of fused-ring (bicyclic) bond motifs is 1. The van der Waals surface area contributed by atoms with Crippen LogP contribution in [-0.2, 0) is 83.2 Å². The molecule has 1 saturated heterocycles. The lowest BCUT2D eigenvalue weighted by Gasteiger charge is -2.31. The molecule has 10 atom stereocenters. The first-order valence-corrected chi connectivity index (χ1v) is 32.5. The second kappa shape index (κ2) is 37.7. The number of hydrogen-bond acceptors (Lipinski definition) is 15. The summed E-state index contributed by atoms with van der Waals surface area (Å²) in [6.07, 6.45) is 2.16. The van der Waals surface area contributed by atoms with Crippen LogP contribution >= 0.6 is 11.6 Å². The van der Waals surface area contributed by atoms with Crippen LogP contribution in [-0.4, -0.2) is 172 Å². The van der Waals surface area contributed by atoms with Crippen molar-refractivity contribution in [3.63, 3.8) is 0 Å². The van der Waals surface area contributed by atoms with Crippen molar-refractivity contribution in [3.8, 4) is 0 Å². The highest BCUT2D eigenvalue weighted by Crippen LogP contribution is 2.23. The van der Waals surface area contributed by atoms with Crippen LogP contribution in [0.15, 0.2) is 127 Å². The van der Waals surface area contributed by atoms with E-state index in [4.69, 9.17) is 34.5 Å². The Hall–Kier alpha value is -10.5. The van der Waals surface area contributed by atoms with E-state index in [-0.39, 0.29) is 76.3 Å². The summed E-state index contributed by atoms with van der Waals surface area (Å²) >= 11 is 6.21. The Morgan fingerprint density at radius 2 is 1.08 bits per heavy atom. The third-order valence-corrected chi connectivity index (χ3v) is 16.3. The monoisotopic (exact) mass is 1370 g/mol. The van der Waals surface area contributed by atoms with E-state index in [9.17, 15) is 62.6 Å². The molecule has 18 N–H and O–H groups in total. The van der Waals surface area contributed by atoms with Crippen molar-refractivity contribution in [1.29, 1.82) is 0 Å². The number of amides is 12. The molecule has 98 heavy (non-hydrogen) atoms. The highest BCUT2D eigenvalue weighted by atomic mass is 35.5. The molecule has 4 aromatic carbocycles. The minimum Gasteiger partial charge on any atom is -0.394 e. The lowest BCUT2D eigenvalue weighted by atomic mass is 9.97. The molecule has 29 nitrogen and oxygen atoms in total. The highest BCUT2D eigenvalue weighted by molar-refractivity contribution is 6.30. The van der Waals surface area contributed by atoms with Gasteiger partial charge in [-0.15, -0.1) is 0 Å². The van der Waals surface area contributed by atoms with E-state index in [0.29, 0.717) is 28.1 Å². The average molecular weight is 1370 g/mol. The number of guanidine groups is 1. The summed E-state index contributed by atoms with van der Waals surface area (Å²) in [4.78, 5) is 176. The first kappa shape index (κ1) is 76.5. The fourth-order valence-electron chi connectivity index (χ4n) is 11.1. The predicted octanol–water partition coefficient (Wildman–Crippen LogP) is -0.995. The van der Waals surface area contributed by atoms with E-state index in [1.165, 1.54) is 31.1 Å². The Morgan fingerprint density at radius 3 is 1.65 bits per heavy atom. The molecule has 0 spiro atoms. The summed E-state index contributed by atoms with van der Waals surface area (Å²) in [5, 5.41) is 36.3. The highest BCUT2D eigenvalue weighted by Gasteiger charge is 2.40. The van der Waals surface area contributed by atoms with Crippen LogP contribution in [0, 0.1) is 5.92 Å². The Bertz CT molecular complexity index is 3650. The lowest BCUT2D eigenvalue weighted by Crippen LogP contribution is -2.62. The SMILES string of the molecule is CC(=O)N[C@H](Cc1cccc2ccccc12)C(=O)N[C@H](Cc1ccc(Cl)cc1)C(=O)N[C@H](Cc1ccccc1)C(=O)N[C@@H](CO)C(=O)N[C@@H](CC(N)=O)C(=O)N[C@H](Cc1cccnc1)C(=O)N[C@@H](CC(C)C)C(=O)N[C@@H](CCCN=C(N)N)C(=O)N1CCC[C@H]1C(=O)N[C@H](C)C(N)=O. The van der Waals surface area contributed by atoms with Crippen molar-refractivity contribution in [2.75, 3.05) is 19.7 Å². The van der Waals surface area contributed by atoms with Gasteiger partial charge in [-0.1, -0.05) is 116 Å². The van der Waals surface area contributed by atoms with E-state index in [1.54, 1.807) is 80.6 Å². The molecule has 1 aliphatic heterocycles. The molecule has 30 heteroatoms. The summed E-state index contributed by atoms with van der Waals surface area (Å²) < 4.78 is 0. The maximum atomic E-state index is 14.7. The van der Waals surface area contributed by atoms with Gasteiger partial charge in [0, 0.05) is 63.1 Å². The summed E-state index contributed by atoms with van der Waals surface area (Å²) in [6, 6.07) is 16.8. The predicted molar refractivity (Wildman–Crippen MR) is 364 cm³/mol. The van der Waals surface area contributed by atoms with Gasteiger partial charge in [0.15, 0.2) is 5.96 Å². The number of primary amides is 2. The van der Waals surface area contributed by atoms with Gasteiger partial charge in [-0.25, -0.2) is 0 Å². The van der Waals surface area contributed by atoms with Gasteiger partial charge in [0.25, 0.3) is 0 Å². The summed E-state index contributed by atoms with van der Waals surface area (Å²) in [6.45, 7) is 5.25. The van der Waals surface area contributed by atoms with Gasteiger partial charge in [-0.3, -0.25) is 67.5 Å². The van der Waals surface area contributed by atoms with Crippen molar-refractivity contribution in [2.24, 2.45) is 33.8 Å². The number of benzene rings is 4. The van der Waals surface area contributed by atoms with Gasteiger partial charge in [0.1, 0.15) is 60.4 Å². The molecule has 5 aromatic rings. The minimum absolute atomic E-state index is 0.0155. The zero-order valence-electron chi connectivity index (χ0n) is 55.0. The fraction of sp³-hybridized carbons (Fsp3) is 0.412. The number of rotatable bonds is 36. The molecule has 6 rings (SSSR count). The molecular formula is C68H87ClN16O13. The van der Waals surface area contributed by atoms with Crippen LogP contribution < -0.4 is 70.8 Å². The molecule has 1 aliphatic rings. The molecule has 0 radical (unpaired) electrons. The average Bonchev–Trinajstić information content (AvgIpc) is 1.15. The normalized spacial score (nSPS) is 15.4. The third-order valence-electron chi connectivity index (χ3n) is 16.1. The molecule has 0 bridgehead atoms. The van der Waals surface area contributed by atoms with Crippen LogP contribution in [0.5, 0.6) is 0 Å². The van der Waals surface area contributed by atoms with Gasteiger partial charge in [-0.2, -0.15) is 0 Å². The Balaban J connectivity index is 1.22. The smallest absolute Gasteiger partial charge is 0.245 e. The molecule has 0 aliphatic carbocycles. The number of halogens is 1. The van der Waals surface area contributed by atoms with E-state index >= 15 is 0 Å². The first-order chi connectivity index (χ1) is 46.7. The molecule has 2 heterocycles. The molecule has 1 fully saturated rings. The number of pyridine rings is 1. The number of aliphatic hydroxyl groups is 1. The second-order valence-corrected chi connectivity index (χ2v) is 24.8. The van der Waals surface area contributed by atoms with Gasteiger partial charge < -0.3 is 80.8 Å². The molecule has 524 valence electrons. The molecular weight excluding hydrogens is 1280 g/mol. The summed E-state index contributed by atoms with van der Waals surface area (Å²) in [7, 11) is 0. The maximum absolute atomic E-state index is 14.7. The zero-order chi connectivity index (χ0) is 71.6. The van der Waals surface area contributed by atoms with Gasteiger partial charge in [0.05, 0.1) is 13.0 Å². The lowest BCUT2D eigenvalue weighted by molar-refractivity contribution is -0.142. The van der Waals surface area contributed by atoms with Crippen molar-refractivity contribution in [3.05, 3.63) is 149 Å². The van der Waals surface area contributed by atoms with E-state index < -0.39 is 144 Å². The van der Waals surface area contributed by atoms with E-state index in [2.05, 4.69) is 57.8 Å². The Kier molecular flexibility index (Phi) is 29.4. The quantitative estimate of drug-likeness (QED) is 0.0130. The van der Waals surface area contributed by atoms with Gasteiger partial charge in [-0.05, 0) is 96.2 Å². The van der Waals surface area contributed by atoms with Crippen LogP contribution in [0.4, 0.5) is 0 Å². The van der Waals surface area contributed by atoms with Crippen molar-refractivity contribution in [1.82, 2.24) is 57.7 Å². The summed E-state index contributed by atoms with van der Waals surface area (Å²) in [5.74, 6) is -11.0. The first-order valence-electron chi connectivity index (χ1n) is 32.1. The van der Waals surface area contributed by atoms with Gasteiger partial charge >= 0.3 is 0 Å². The zero-order valence-corrected chi connectivity index (χ0v) is 55.7. The number of nitrogens with one attached hydrogen (secondary N) is 9. The number of carbonyl (C=O) groups excluding carboxylic acids is 12. The molecule has 1 aromatic heterocycles. The number of aromatic nitrogens is 1. The molecule has 0 saturated carbocycles. The minimum atomic E-state index is -1.89. The van der Waals surface area contributed by atoms with Crippen molar-refractivity contribution in [2.45, 2.75) is 152 Å². The standard InChI is InChI=1S/C68H87ClN16O13/c1-38(2)30-49(59(90)78-48(21-12-28-75-68(72)73)67(98)85-29-13-22-56(85)66(97)76-39(3)58(71)89)79-61(92)52(33-43-16-11-27-74-36-43)82-64(95)54(35-57(70)88)83-65(96)55(37-86)84-62(93)50(31-41-14-6-5-7-15-41)80-60(91)51(32-42-23-25-46(69)26-24-42)81-63(94)53(77-40(4)87)34-45-19-10-18-44-17-8-9-20-47(44)45/h5-11,14-20,23-27,36,38-39,48-56,86H,12-13,21-22,28-35,37H2,1-4H3,(H2,70,88)(H2,71,89)(H,76,97)(H,77,87)(H,78,90)(H,79,92)(H,80,91)(H,81,94)(H,82,95)(H,83,96)(H,84,93)(H4,72,73,75)/t39-,48+,49+,50-,51-,52-,53-,54+,55+,56+/m1/s1. The van der Waals surface area contributed by atoms with Crippen LogP contribution in [0.25, 0.3) is 10.8 Å². The number of aliphatic imine (C=N–C) groups is 1. The number of nitrogens with zero attached hydrogens (tertiary/aromatic N) is 3.